The van der Waals surface area contributed by atoms with E-state index in [9.17, 15) is 9.59 Å². The van der Waals surface area contributed by atoms with Crippen molar-refractivity contribution >= 4 is 23.2 Å². The quantitative estimate of drug-likeness (QED) is 0.866. The Morgan fingerprint density at radius 1 is 1.07 bits per heavy atom. The molecule has 1 unspecified atom stereocenters. The fourth-order valence-corrected chi connectivity index (χ4v) is 3.42. The number of carbonyl (C=O) groups is 2. The van der Waals surface area contributed by atoms with Crippen LogP contribution < -0.4 is 10.2 Å². The number of nitrogens with zero attached hydrogens (tertiary/aromatic N) is 1. The van der Waals surface area contributed by atoms with Gasteiger partial charge in [0.05, 0.1) is 5.92 Å². The summed E-state index contributed by atoms with van der Waals surface area (Å²) in [6.45, 7) is 10.9. The Morgan fingerprint density at radius 3 is 2.37 bits per heavy atom. The summed E-state index contributed by atoms with van der Waals surface area (Å²) in [4.78, 5) is 26.9. The highest BCUT2D eigenvalue weighted by atomic mass is 16.2. The van der Waals surface area contributed by atoms with Crippen molar-refractivity contribution in [3.05, 3.63) is 59.2 Å². The fourth-order valence-electron chi connectivity index (χ4n) is 3.42. The molecule has 2 aromatic rings. The molecular formula is C23H28N2O2. The molecule has 1 atom stereocenters. The van der Waals surface area contributed by atoms with Crippen molar-refractivity contribution in [1.82, 2.24) is 0 Å². The second-order valence-corrected chi connectivity index (χ2v) is 8.51. The van der Waals surface area contributed by atoms with E-state index in [2.05, 4.69) is 26.1 Å². The van der Waals surface area contributed by atoms with Crippen LogP contribution in [-0.4, -0.2) is 18.4 Å². The molecule has 0 spiro atoms. The highest BCUT2D eigenvalue weighted by Gasteiger charge is 2.35. The number of rotatable bonds is 3. The molecule has 1 aliphatic heterocycles. The summed E-state index contributed by atoms with van der Waals surface area (Å²) in [6, 6.07) is 14.0. The molecule has 27 heavy (non-hydrogen) atoms. The van der Waals surface area contributed by atoms with Gasteiger partial charge in [0.1, 0.15) is 0 Å². The van der Waals surface area contributed by atoms with E-state index in [1.165, 1.54) is 5.56 Å². The molecular weight excluding hydrogens is 336 g/mol. The van der Waals surface area contributed by atoms with Crippen molar-refractivity contribution in [2.75, 3.05) is 16.8 Å². The lowest BCUT2D eigenvalue weighted by Gasteiger charge is -2.20. The molecule has 0 aromatic heterocycles. The minimum absolute atomic E-state index is 0.00642. The van der Waals surface area contributed by atoms with Crippen LogP contribution in [0, 0.1) is 19.8 Å². The zero-order valence-electron chi connectivity index (χ0n) is 16.8. The van der Waals surface area contributed by atoms with Crippen molar-refractivity contribution < 1.29 is 9.59 Å². The molecule has 4 heteroatoms. The summed E-state index contributed by atoms with van der Waals surface area (Å²) < 4.78 is 0. The van der Waals surface area contributed by atoms with Gasteiger partial charge in [-0.15, -0.1) is 0 Å². The van der Waals surface area contributed by atoms with E-state index in [0.29, 0.717) is 6.54 Å². The third kappa shape index (κ3) is 4.21. The van der Waals surface area contributed by atoms with Gasteiger partial charge < -0.3 is 10.2 Å². The highest BCUT2D eigenvalue weighted by Crippen LogP contribution is 2.30. The summed E-state index contributed by atoms with van der Waals surface area (Å²) in [5, 5.41) is 2.96. The fraction of sp³-hybridized carbons (Fsp3) is 0.391. The lowest BCUT2D eigenvalue weighted by Crippen LogP contribution is -2.28. The molecule has 0 aliphatic carbocycles. The van der Waals surface area contributed by atoms with Gasteiger partial charge in [-0.1, -0.05) is 45.0 Å². The lowest BCUT2D eigenvalue weighted by molar-refractivity contribution is -0.122. The van der Waals surface area contributed by atoms with Crippen molar-refractivity contribution in [3.63, 3.8) is 0 Å². The Labute approximate surface area is 161 Å². The zero-order valence-corrected chi connectivity index (χ0v) is 16.8. The first kappa shape index (κ1) is 19.2. The van der Waals surface area contributed by atoms with Gasteiger partial charge in [0.25, 0.3) is 0 Å². The van der Waals surface area contributed by atoms with Crippen LogP contribution in [0.25, 0.3) is 0 Å². The minimum atomic E-state index is -0.334. The first-order valence-corrected chi connectivity index (χ1v) is 9.44. The van der Waals surface area contributed by atoms with Crippen LogP contribution in [-0.2, 0) is 15.0 Å². The van der Waals surface area contributed by atoms with E-state index in [0.717, 1.165) is 22.5 Å². The van der Waals surface area contributed by atoms with E-state index in [1.807, 2.05) is 56.3 Å². The third-order valence-electron chi connectivity index (χ3n) is 5.17. The zero-order chi connectivity index (χ0) is 19.8. The average molecular weight is 364 g/mol. The second kappa shape index (κ2) is 7.18. The number of amides is 2. The van der Waals surface area contributed by atoms with E-state index < -0.39 is 0 Å². The number of benzene rings is 2. The Morgan fingerprint density at radius 2 is 1.74 bits per heavy atom. The Kier molecular flexibility index (Phi) is 5.09. The van der Waals surface area contributed by atoms with E-state index in [-0.39, 0.29) is 29.6 Å². The van der Waals surface area contributed by atoms with Crippen LogP contribution >= 0.6 is 0 Å². The van der Waals surface area contributed by atoms with E-state index in [1.54, 1.807) is 4.90 Å². The van der Waals surface area contributed by atoms with Crippen LogP contribution in [0.15, 0.2) is 42.5 Å². The van der Waals surface area contributed by atoms with Gasteiger partial charge in [-0.25, -0.2) is 0 Å². The summed E-state index contributed by atoms with van der Waals surface area (Å²) in [5.41, 5.74) is 5.13. The SMILES string of the molecule is Cc1ccc(C)c(N2CC(C(=O)Nc3ccc(C(C)(C)C)cc3)CC2=O)c1. The summed E-state index contributed by atoms with van der Waals surface area (Å²) in [7, 11) is 0. The molecule has 2 aromatic carbocycles. The molecule has 1 aliphatic rings. The number of nitrogens with one attached hydrogen (secondary N) is 1. The molecule has 1 N–H and O–H groups in total. The third-order valence-corrected chi connectivity index (χ3v) is 5.17. The maximum atomic E-state index is 12.7. The number of carbonyl (C=O) groups excluding carboxylic acids is 2. The van der Waals surface area contributed by atoms with Crippen LogP contribution in [0.3, 0.4) is 0 Å². The van der Waals surface area contributed by atoms with Gasteiger partial charge in [0, 0.05) is 24.3 Å². The molecule has 0 radical (unpaired) electrons. The first-order chi connectivity index (χ1) is 12.6. The van der Waals surface area contributed by atoms with Crippen molar-refractivity contribution in [1.29, 1.82) is 0 Å². The molecule has 1 heterocycles. The molecule has 3 rings (SSSR count). The van der Waals surface area contributed by atoms with Gasteiger partial charge in [-0.2, -0.15) is 0 Å². The Balaban J connectivity index is 1.70. The van der Waals surface area contributed by atoms with Gasteiger partial charge in [-0.05, 0) is 54.2 Å². The molecule has 0 bridgehead atoms. The van der Waals surface area contributed by atoms with Gasteiger partial charge >= 0.3 is 0 Å². The average Bonchev–Trinajstić information content (AvgIpc) is 2.98. The number of hydrogen-bond donors (Lipinski definition) is 1. The molecule has 142 valence electrons. The molecule has 1 fully saturated rings. The standard InChI is InChI=1S/C23H28N2O2/c1-15-6-7-16(2)20(12-15)25-14-17(13-21(25)26)22(27)24-19-10-8-18(9-11-19)23(3,4)5/h6-12,17H,13-14H2,1-5H3,(H,24,27). The molecule has 4 nitrogen and oxygen atoms in total. The van der Waals surface area contributed by atoms with Crippen LogP contribution in [0.2, 0.25) is 0 Å². The predicted molar refractivity (Wildman–Crippen MR) is 110 cm³/mol. The van der Waals surface area contributed by atoms with Crippen LogP contribution in [0.4, 0.5) is 11.4 Å². The first-order valence-electron chi connectivity index (χ1n) is 9.44. The summed E-state index contributed by atoms with van der Waals surface area (Å²) in [5.74, 6) is -0.425. The monoisotopic (exact) mass is 364 g/mol. The molecule has 1 saturated heterocycles. The topological polar surface area (TPSA) is 49.4 Å². The highest BCUT2D eigenvalue weighted by molar-refractivity contribution is 6.03. The van der Waals surface area contributed by atoms with Crippen molar-refractivity contribution in [2.45, 2.75) is 46.5 Å². The smallest absolute Gasteiger partial charge is 0.229 e. The van der Waals surface area contributed by atoms with Crippen LogP contribution in [0.1, 0.15) is 43.9 Å². The Bertz CT molecular complexity index is 863. The van der Waals surface area contributed by atoms with Crippen molar-refractivity contribution in [3.8, 4) is 0 Å². The Hall–Kier alpha value is -2.62. The lowest BCUT2D eigenvalue weighted by atomic mass is 9.87. The summed E-state index contributed by atoms with van der Waals surface area (Å²) in [6.07, 6.45) is 0.249. The largest absolute Gasteiger partial charge is 0.326 e. The number of anilines is 2. The molecule has 0 saturated carbocycles. The van der Waals surface area contributed by atoms with E-state index in [4.69, 9.17) is 0 Å². The predicted octanol–water partition coefficient (Wildman–Crippen LogP) is 4.59. The van der Waals surface area contributed by atoms with Gasteiger partial charge in [0.15, 0.2) is 0 Å². The van der Waals surface area contributed by atoms with Gasteiger partial charge in [0.2, 0.25) is 11.8 Å². The van der Waals surface area contributed by atoms with E-state index >= 15 is 0 Å². The minimum Gasteiger partial charge on any atom is -0.326 e. The van der Waals surface area contributed by atoms with Crippen molar-refractivity contribution in [2.24, 2.45) is 5.92 Å². The van der Waals surface area contributed by atoms with Gasteiger partial charge in [-0.3, -0.25) is 9.59 Å². The number of aryl methyl sites for hydroxylation is 2. The maximum absolute atomic E-state index is 12.7. The molecule has 2 amide bonds. The second-order valence-electron chi connectivity index (χ2n) is 8.51. The normalized spacial score (nSPS) is 17.3. The van der Waals surface area contributed by atoms with Crippen LogP contribution in [0.5, 0.6) is 0 Å². The maximum Gasteiger partial charge on any atom is 0.229 e. The number of hydrogen-bond acceptors (Lipinski definition) is 2. The summed E-state index contributed by atoms with van der Waals surface area (Å²) >= 11 is 0.